The summed E-state index contributed by atoms with van der Waals surface area (Å²) in [5, 5.41) is 1.12. The predicted octanol–water partition coefficient (Wildman–Crippen LogP) is 4.78. The second-order valence-electron chi connectivity index (χ2n) is 8.80. The number of benzene rings is 3. The third kappa shape index (κ3) is 3.86. The molecule has 5 rings (SSSR count). The van der Waals surface area contributed by atoms with Crippen molar-refractivity contribution in [1.82, 2.24) is 9.47 Å². The molecule has 36 heavy (non-hydrogen) atoms. The van der Waals surface area contributed by atoms with Crippen molar-refractivity contribution >= 4 is 16.7 Å². The minimum atomic E-state index is -0.190. The summed E-state index contributed by atoms with van der Waals surface area (Å²) in [4.78, 5) is 29.3. The summed E-state index contributed by atoms with van der Waals surface area (Å²) in [6.07, 6.45) is 2.35. The summed E-state index contributed by atoms with van der Waals surface area (Å²) in [5.74, 6) is 1.82. The molecule has 184 valence electrons. The van der Waals surface area contributed by atoms with E-state index in [1.807, 2.05) is 60.4 Å². The Kier molecular flexibility index (Phi) is 6.14. The largest absolute Gasteiger partial charge is 0.497 e. The smallest absolute Gasteiger partial charge is 0.262 e. The normalized spacial score (nSPS) is 14.9. The molecule has 7 heteroatoms. The van der Waals surface area contributed by atoms with Gasteiger partial charge in [0.2, 0.25) is 0 Å². The van der Waals surface area contributed by atoms with E-state index in [-0.39, 0.29) is 17.5 Å². The van der Waals surface area contributed by atoms with E-state index in [9.17, 15) is 9.59 Å². The Morgan fingerprint density at radius 2 is 1.61 bits per heavy atom. The standard InChI is InChI=1S/C29H28N2O5/c1-18-24-16-27(36-4)26(35-3)14-19(24)12-13-30(18)29(33)25-17-31(20-8-7-9-21(15-20)34-2)28(32)23-11-6-5-10-22(23)25/h5-11,14-18H,12-13H2,1-4H3. The number of ether oxygens (including phenoxy) is 3. The van der Waals surface area contributed by atoms with Crippen LogP contribution in [-0.2, 0) is 6.42 Å². The van der Waals surface area contributed by atoms with Crippen LogP contribution < -0.4 is 19.8 Å². The second-order valence-corrected chi connectivity index (χ2v) is 8.80. The molecule has 2 heterocycles. The Morgan fingerprint density at radius 3 is 2.33 bits per heavy atom. The fraction of sp³-hybridized carbons (Fsp3) is 0.241. The molecule has 7 nitrogen and oxygen atoms in total. The lowest BCUT2D eigenvalue weighted by Gasteiger charge is -2.36. The lowest BCUT2D eigenvalue weighted by Crippen LogP contribution is -2.39. The van der Waals surface area contributed by atoms with E-state index in [1.54, 1.807) is 39.7 Å². The van der Waals surface area contributed by atoms with Crippen molar-refractivity contribution in [2.75, 3.05) is 27.9 Å². The molecule has 0 radical (unpaired) electrons. The van der Waals surface area contributed by atoms with Crippen LogP contribution in [0.1, 0.15) is 34.5 Å². The zero-order valence-electron chi connectivity index (χ0n) is 20.8. The summed E-state index contributed by atoms with van der Waals surface area (Å²) in [5.41, 5.74) is 3.08. The zero-order valence-corrected chi connectivity index (χ0v) is 20.8. The second kappa shape index (κ2) is 9.41. The summed E-state index contributed by atoms with van der Waals surface area (Å²) < 4.78 is 17.8. The Bertz CT molecular complexity index is 1520. The first kappa shape index (κ1) is 23.5. The fourth-order valence-corrected chi connectivity index (χ4v) is 4.99. The van der Waals surface area contributed by atoms with Crippen molar-refractivity contribution < 1.29 is 19.0 Å². The van der Waals surface area contributed by atoms with Gasteiger partial charge in [-0.15, -0.1) is 0 Å². The molecule has 3 aromatic carbocycles. The topological polar surface area (TPSA) is 70.0 Å². The number of carbonyl (C=O) groups is 1. The maximum absolute atomic E-state index is 14.1. The lowest BCUT2D eigenvalue weighted by molar-refractivity contribution is 0.0678. The minimum Gasteiger partial charge on any atom is -0.497 e. The van der Waals surface area contributed by atoms with E-state index >= 15 is 0 Å². The van der Waals surface area contributed by atoms with Crippen molar-refractivity contribution in [1.29, 1.82) is 0 Å². The molecule has 1 unspecified atom stereocenters. The number of hydrogen-bond donors (Lipinski definition) is 0. The molecule has 0 fully saturated rings. The first-order valence-corrected chi connectivity index (χ1v) is 11.8. The number of hydrogen-bond acceptors (Lipinski definition) is 5. The molecule has 0 aliphatic carbocycles. The maximum atomic E-state index is 14.1. The van der Waals surface area contributed by atoms with Gasteiger partial charge in [0.15, 0.2) is 11.5 Å². The Hall–Kier alpha value is -4.26. The van der Waals surface area contributed by atoms with Crippen molar-refractivity contribution in [2.45, 2.75) is 19.4 Å². The molecule has 0 spiro atoms. The van der Waals surface area contributed by atoms with Crippen molar-refractivity contribution in [3.63, 3.8) is 0 Å². The molecule has 1 atom stereocenters. The van der Waals surface area contributed by atoms with Crippen LogP contribution in [0.15, 0.2) is 71.7 Å². The minimum absolute atomic E-state index is 0.129. The Labute approximate surface area is 209 Å². The highest BCUT2D eigenvalue weighted by atomic mass is 16.5. The van der Waals surface area contributed by atoms with Gasteiger partial charge in [-0.25, -0.2) is 0 Å². The SMILES string of the molecule is COc1cccc(-n2cc(C(=O)N3CCc4cc(OC)c(OC)cc4C3C)c3ccccc3c2=O)c1. The number of amides is 1. The molecular formula is C29H28N2O5. The molecular weight excluding hydrogens is 456 g/mol. The Balaban J connectivity index is 1.62. The van der Waals surface area contributed by atoms with Crippen LogP contribution in [0.25, 0.3) is 16.5 Å². The van der Waals surface area contributed by atoms with E-state index in [0.29, 0.717) is 52.2 Å². The summed E-state index contributed by atoms with van der Waals surface area (Å²) in [6.45, 7) is 2.57. The number of fused-ring (bicyclic) bond motifs is 2. The molecule has 4 aromatic rings. The van der Waals surface area contributed by atoms with Crippen LogP contribution in [0, 0.1) is 0 Å². The quantitative estimate of drug-likeness (QED) is 0.408. The average molecular weight is 485 g/mol. The first-order valence-electron chi connectivity index (χ1n) is 11.8. The highest BCUT2D eigenvalue weighted by Crippen LogP contribution is 2.38. The first-order chi connectivity index (χ1) is 17.5. The number of methoxy groups -OCH3 is 3. The average Bonchev–Trinajstić information content (AvgIpc) is 2.92. The molecule has 0 saturated heterocycles. The van der Waals surface area contributed by atoms with E-state index in [2.05, 4.69) is 0 Å². The van der Waals surface area contributed by atoms with Crippen LogP contribution in [0.2, 0.25) is 0 Å². The fourth-order valence-electron chi connectivity index (χ4n) is 4.99. The highest BCUT2D eigenvalue weighted by molar-refractivity contribution is 6.07. The number of aromatic nitrogens is 1. The monoisotopic (exact) mass is 484 g/mol. The highest BCUT2D eigenvalue weighted by Gasteiger charge is 2.31. The van der Waals surface area contributed by atoms with Crippen molar-refractivity contribution in [3.8, 4) is 22.9 Å². The van der Waals surface area contributed by atoms with Crippen LogP contribution in [0.5, 0.6) is 17.2 Å². The van der Waals surface area contributed by atoms with Gasteiger partial charge in [0, 0.05) is 29.6 Å². The van der Waals surface area contributed by atoms with Gasteiger partial charge in [0.05, 0.1) is 38.6 Å². The van der Waals surface area contributed by atoms with Crippen LogP contribution in [-0.4, -0.2) is 43.2 Å². The van der Waals surface area contributed by atoms with Crippen LogP contribution in [0.3, 0.4) is 0 Å². The van der Waals surface area contributed by atoms with Gasteiger partial charge in [0.1, 0.15) is 5.75 Å². The van der Waals surface area contributed by atoms with E-state index in [1.165, 1.54) is 4.57 Å². The number of nitrogens with zero attached hydrogens (tertiary/aromatic N) is 2. The molecule has 1 amide bonds. The number of rotatable bonds is 5. The van der Waals surface area contributed by atoms with Crippen molar-refractivity contribution in [3.05, 3.63) is 93.9 Å². The molecule has 0 saturated carbocycles. The zero-order chi connectivity index (χ0) is 25.4. The molecule has 0 N–H and O–H groups in total. The van der Waals surface area contributed by atoms with Gasteiger partial charge in [-0.1, -0.05) is 24.3 Å². The van der Waals surface area contributed by atoms with E-state index < -0.39 is 0 Å². The number of pyridine rings is 1. The predicted molar refractivity (Wildman–Crippen MR) is 139 cm³/mol. The third-order valence-corrected chi connectivity index (χ3v) is 6.93. The van der Waals surface area contributed by atoms with Gasteiger partial charge in [0.25, 0.3) is 11.5 Å². The van der Waals surface area contributed by atoms with Gasteiger partial charge < -0.3 is 19.1 Å². The Morgan fingerprint density at radius 1 is 0.889 bits per heavy atom. The summed E-state index contributed by atoms with van der Waals surface area (Å²) >= 11 is 0. The van der Waals surface area contributed by atoms with E-state index in [4.69, 9.17) is 14.2 Å². The van der Waals surface area contributed by atoms with Gasteiger partial charge in [-0.05, 0) is 54.8 Å². The van der Waals surface area contributed by atoms with Crippen LogP contribution in [0.4, 0.5) is 0 Å². The molecule has 1 aromatic heterocycles. The van der Waals surface area contributed by atoms with Gasteiger partial charge >= 0.3 is 0 Å². The number of carbonyl (C=O) groups excluding carboxylic acids is 1. The summed E-state index contributed by atoms with van der Waals surface area (Å²) in [7, 11) is 4.81. The lowest BCUT2D eigenvalue weighted by atomic mass is 9.92. The summed E-state index contributed by atoms with van der Waals surface area (Å²) in [6, 6.07) is 18.3. The van der Waals surface area contributed by atoms with Gasteiger partial charge in [-0.2, -0.15) is 0 Å². The third-order valence-electron chi connectivity index (χ3n) is 6.93. The molecule has 1 aliphatic rings. The van der Waals surface area contributed by atoms with Crippen molar-refractivity contribution in [2.24, 2.45) is 0 Å². The molecule has 0 bridgehead atoms. The molecule has 1 aliphatic heterocycles. The van der Waals surface area contributed by atoms with Gasteiger partial charge in [-0.3, -0.25) is 14.2 Å². The van der Waals surface area contributed by atoms with Crippen LogP contribution >= 0.6 is 0 Å². The van der Waals surface area contributed by atoms with E-state index in [0.717, 1.165) is 11.1 Å². The maximum Gasteiger partial charge on any atom is 0.262 e.